The zero-order valence-electron chi connectivity index (χ0n) is 9.79. The lowest BCUT2D eigenvalue weighted by atomic mass is 10.1. The van der Waals surface area contributed by atoms with E-state index in [1.807, 2.05) is 29.8 Å². The molecule has 0 aliphatic rings. The van der Waals surface area contributed by atoms with Crippen molar-refractivity contribution in [3.05, 3.63) is 59.4 Å². The maximum atomic E-state index is 6.40. The number of hydrogen-bond acceptors (Lipinski definition) is 2. The van der Waals surface area contributed by atoms with E-state index in [1.165, 1.54) is 5.56 Å². The molecule has 3 aromatic rings. The van der Waals surface area contributed by atoms with Crippen molar-refractivity contribution < 1.29 is 0 Å². The molecule has 92 valence electrons. The summed E-state index contributed by atoms with van der Waals surface area (Å²) < 4.78 is 2.06. The number of nitrogens with zero attached hydrogens (tertiary/aromatic N) is 2. The summed E-state index contributed by atoms with van der Waals surface area (Å²) in [6, 6.07) is 10.2. The first-order chi connectivity index (χ1) is 8.83. The van der Waals surface area contributed by atoms with E-state index in [-0.39, 0.29) is 5.38 Å². The first-order valence-electron chi connectivity index (χ1n) is 5.93. The van der Waals surface area contributed by atoms with E-state index >= 15 is 0 Å². The Hall–Kier alpha value is -1.32. The van der Waals surface area contributed by atoms with Gasteiger partial charge in [0.15, 0.2) is 4.96 Å². The Balaban J connectivity index is 1.66. The number of aromatic nitrogens is 2. The second kappa shape index (κ2) is 5.12. The van der Waals surface area contributed by atoms with Crippen LogP contribution in [-0.2, 0) is 6.42 Å². The van der Waals surface area contributed by atoms with Gasteiger partial charge in [-0.05, 0) is 18.4 Å². The molecule has 2 nitrogen and oxygen atoms in total. The fourth-order valence-corrected chi connectivity index (χ4v) is 2.97. The minimum atomic E-state index is 0.0611. The van der Waals surface area contributed by atoms with Gasteiger partial charge in [0.25, 0.3) is 0 Å². The molecule has 1 aromatic carbocycles. The van der Waals surface area contributed by atoms with Gasteiger partial charge >= 0.3 is 0 Å². The number of fused-ring (bicyclic) bond motifs is 1. The van der Waals surface area contributed by atoms with E-state index in [1.54, 1.807) is 11.3 Å². The quantitative estimate of drug-likeness (QED) is 0.649. The number of rotatable bonds is 4. The molecule has 0 spiro atoms. The second-order valence-corrected chi connectivity index (χ2v) is 5.64. The Morgan fingerprint density at radius 1 is 1.28 bits per heavy atom. The van der Waals surface area contributed by atoms with Gasteiger partial charge < -0.3 is 0 Å². The van der Waals surface area contributed by atoms with Crippen LogP contribution < -0.4 is 0 Å². The van der Waals surface area contributed by atoms with Gasteiger partial charge in [0.2, 0.25) is 0 Å². The van der Waals surface area contributed by atoms with Crippen LogP contribution in [0.5, 0.6) is 0 Å². The van der Waals surface area contributed by atoms with Crippen molar-refractivity contribution in [3.63, 3.8) is 0 Å². The molecular formula is C14H13ClN2S. The molecule has 0 amide bonds. The minimum absolute atomic E-state index is 0.0611. The Bertz CT molecular complexity index is 601. The number of thiazole rings is 1. The Morgan fingerprint density at radius 3 is 2.89 bits per heavy atom. The monoisotopic (exact) mass is 276 g/mol. The average Bonchev–Trinajstić information content (AvgIpc) is 2.97. The van der Waals surface area contributed by atoms with Gasteiger partial charge in [-0.15, -0.1) is 22.9 Å². The lowest BCUT2D eigenvalue weighted by molar-refractivity contribution is 0.780. The zero-order chi connectivity index (χ0) is 12.4. The highest BCUT2D eigenvalue weighted by atomic mass is 35.5. The van der Waals surface area contributed by atoms with Gasteiger partial charge in [0.1, 0.15) is 0 Å². The maximum absolute atomic E-state index is 6.40. The predicted octanol–water partition coefficient (Wildman–Crippen LogP) is 4.31. The van der Waals surface area contributed by atoms with Gasteiger partial charge in [-0.3, -0.25) is 4.40 Å². The summed E-state index contributed by atoms with van der Waals surface area (Å²) in [5.41, 5.74) is 2.30. The van der Waals surface area contributed by atoms with Crippen LogP contribution in [0.25, 0.3) is 4.96 Å². The van der Waals surface area contributed by atoms with Crippen molar-refractivity contribution in [1.29, 1.82) is 0 Å². The SMILES string of the molecule is ClC(CCc1cn2ccsc2n1)c1ccccc1. The number of benzene rings is 1. The summed E-state index contributed by atoms with van der Waals surface area (Å²) in [6.45, 7) is 0. The van der Waals surface area contributed by atoms with Crippen molar-refractivity contribution in [1.82, 2.24) is 9.38 Å². The zero-order valence-corrected chi connectivity index (χ0v) is 11.4. The molecule has 0 saturated heterocycles. The highest BCUT2D eigenvalue weighted by Crippen LogP contribution is 2.25. The number of halogens is 1. The van der Waals surface area contributed by atoms with Crippen LogP contribution in [-0.4, -0.2) is 9.38 Å². The van der Waals surface area contributed by atoms with Crippen LogP contribution in [0, 0.1) is 0 Å². The summed E-state index contributed by atoms with van der Waals surface area (Å²) in [5, 5.41) is 2.10. The maximum Gasteiger partial charge on any atom is 0.193 e. The number of hydrogen-bond donors (Lipinski definition) is 0. The molecule has 1 atom stereocenters. The van der Waals surface area contributed by atoms with Crippen LogP contribution in [0.2, 0.25) is 0 Å². The fraction of sp³-hybridized carbons (Fsp3) is 0.214. The van der Waals surface area contributed by atoms with Crippen molar-refractivity contribution >= 4 is 27.9 Å². The summed E-state index contributed by atoms with van der Waals surface area (Å²) in [7, 11) is 0. The smallest absolute Gasteiger partial charge is 0.193 e. The number of imidazole rings is 1. The molecule has 0 aliphatic carbocycles. The molecule has 0 saturated carbocycles. The van der Waals surface area contributed by atoms with Crippen LogP contribution in [0.15, 0.2) is 48.1 Å². The summed E-state index contributed by atoms with van der Waals surface area (Å²) in [6.07, 6.45) is 5.94. The van der Waals surface area contributed by atoms with Crippen molar-refractivity contribution in [2.45, 2.75) is 18.2 Å². The molecule has 4 heteroatoms. The normalized spacial score (nSPS) is 12.9. The summed E-state index contributed by atoms with van der Waals surface area (Å²) >= 11 is 8.05. The molecular weight excluding hydrogens is 264 g/mol. The van der Waals surface area contributed by atoms with Crippen molar-refractivity contribution in [3.8, 4) is 0 Å². The van der Waals surface area contributed by atoms with E-state index in [4.69, 9.17) is 11.6 Å². The topological polar surface area (TPSA) is 17.3 Å². The van der Waals surface area contributed by atoms with Crippen LogP contribution in [0.1, 0.15) is 23.1 Å². The van der Waals surface area contributed by atoms with Gasteiger partial charge in [0, 0.05) is 17.8 Å². The third kappa shape index (κ3) is 2.42. The van der Waals surface area contributed by atoms with Crippen molar-refractivity contribution in [2.75, 3.05) is 0 Å². The molecule has 3 rings (SSSR count). The van der Waals surface area contributed by atoms with Gasteiger partial charge in [0.05, 0.1) is 11.1 Å². The Labute approximate surface area is 115 Å². The number of alkyl halides is 1. The largest absolute Gasteiger partial charge is 0.297 e. The van der Waals surface area contributed by atoms with E-state index in [9.17, 15) is 0 Å². The fourth-order valence-electron chi connectivity index (χ4n) is 2.00. The standard InChI is InChI=1S/C14H13ClN2S/c15-13(11-4-2-1-3-5-11)7-6-12-10-17-8-9-18-14(17)16-12/h1-5,8-10,13H,6-7H2. The summed E-state index contributed by atoms with van der Waals surface area (Å²) in [5.74, 6) is 0. The highest BCUT2D eigenvalue weighted by Gasteiger charge is 2.09. The van der Waals surface area contributed by atoms with Crippen LogP contribution in [0.4, 0.5) is 0 Å². The molecule has 0 bridgehead atoms. The van der Waals surface area contributed by atoms with Crippen molar-refractivity contribution in [2.24, 2.45) is 0 Å². The van der Waals surface area contributed by atoms with E-state index in [0.29, 0.717) is 0 Å². The highest BCUT2D eigenvalue weighted by molar-refractivity contribution is 7.15. The third-order valence-electron chi connectivity index (χ3n) is 2.96. The van der Waals surface area contributed by atoms with Gasteiger partial charge in [-0.25, -0.2) is 4.98 Å². The van der Waals surface area contributed by atoms with E-state index < -0.39 is 0 Å². The Morgan fingerprint density at radius 2 is 2.11 bits per heavy atom. The first-order valence-corrected chi connectivity index (χ1v) is 7.24. The molecule has 1 unspecified atom stereocenters. The molecule has 0 aliphatic heterocycles. The van der Waals surface area contributed by atoms with E-state index in [2.05, 4.69) is 27.7 Å². The molecule has 0 fully saturated rings. The number of aryl methyl sites for hydroxylation is 1. The third-order valence-corrected chi connectivity index (χ3v) is 4.20. The lowest BCUT2D eigenvalue weighted by Crippen LogP contribution is -1.94. The van der Waals surface area contributed by atoms with Crippen LogP contribution >= 0.6 is 22.9 Å². The van der Waals surface area contributed by atoms with E-state index in [0.717, 1.165) is 23.5 Å². The predicted molar refractivity (Wildman–Crippen MR) is 76.4 cm³/mol. The minimum Gasteiger partial charge on any atom is -0.297 e. The van der Waals surface area contributed by atoms with Gasteiger partial charge in [-0.2, -0.15) is 0 Å². The first kappa shape index (κ1) is 11.8. The summed E-state index contributed by atoms with van der Waals surface area (Å²) in [4.78, 5) is 5.61. The molecule has 2 heterocycles. The van der Waals surface area contributed by atoms with Crippen LogP contribution in [0.3, 0.4) is 0 Å². The average molecular weight is 277 g/mol. The molecule has 0 radical (unpaired) electrons. The Kier molecular flexibility index (Phi) is 3.35. The van der Waals surface area contributed by atoms with Gasteiger partial charge in [-0.1, -0.05) is 30.3 Å². The lowest BCUT2D eigenvalue weighted by Gasteiger charge is -2.08. The second-order valence-electron chi connectivity index (χ2n) is 4.24. The molecule has 2 aromatic heterocycles. The molecule has 18 heavy (non-hydrogen) atoms. The molecule has 0 N–H and O–H groups in total.